The molecule has 1 amide bonds. The molecule has 3 aliphatic rings. The van der Waals surface area contributed by atoms with Gasteiger partial charge in [-0.1, -0.05) is 19.9 Å². The number of aromatic hydroxyl groups is 1. The lowest BCUT2D eigenvalue weighted by Crippen LogP contribution is -2.59. The fourth-order valence-corrected chi connectivity index (χ4v) is 6.43. The summed E-state index contributed by atoms with van der Waals surface area (Å²) in [7, 11) is 3.17. The van der Waals surface area contributed by atoms with Gasteiger partial charge in [-0.3, -0.25) is 4.79 Å². The molecule has 1 aliphatic heterocycles. The molecule has 1 saturated heterocycles. The van der Waals surface area contributed by atoms with Gasteiger partial charge in [0.05, 0.1) is 19.8 Å². The van der Waals surface area contributed by atoms with Crippen molar-refractivity contribution in [3.05, 3.63) is 23.8 Å². The molecule has 1 aromatic rings. The number of hydrogen-bond acceptors (Lipinski definition) is 5. The molecule has 2 bridgehead atoms. The monoisotopic (exact) mass is 403 g/mol. The van der Waals surface area contributed by atoms with Crippen LogP contribution in [0.2, 0.25) is 0 Å². The molecule has 2 N–H and O–H groups in total. The number of phenols is 1. The molecule has 4 rings (SSSR count). The number of hydrogen-bond donors (Lipinski definition) is 2. The molecule has 6 nitrogen and oxygen atoms in total. The SMILES string of the molecule is COCCC(=O)N[C@H]1C(C)(C)[C@@H]2C[C@@H]3[C@@H](c4ccc(OC)c(O)c4)OCCC31C2. The smallest absolute Gasteiger partial charge is 0.222 e. The lowest BCUT2D eigenvalue weighted by molar-refractivity contribution is -0.137. The fraction of sp³-hybridized carbons (Fsp3) is 0.696. The molecule has 2 saturated carbocycles. The van der Waals surface area contributed by atoms with E-state index < -0.39 is 0 Å². The summed E-state index contributed by atoms with van der Waals surface area (Å²) in [6.07, 6.45) is 3.50. The van der Waals surface area contributed by atoms with Crippen molar-refractivity contribution < 1.29 is 24.1 Å². The van der Waals surface area contributed by atoms with Gasteiger partial charge >= 0.3 is 0 Å². The van der Waals surface area contributed by atoms with Crippen molar-refractivity contribution >= 4 is 5.91 Å². The molecule has 1 heterocycles. The Balaban J connectivity index is 1.63. The average molecular weight is 404 g/mol. The largest absolute Gasteiger partial charge is 0.504 e. The Morgan fingerprint density at radius 1 is 1.34 bits per heavy atom. The zero-order valence-corrected chi connectivity index (χ0v) is 17.9. The first kappa shape index (κ1) is 20.5. The van der Waals surface area contributed by atoms with Crippen molar-refractivity contribution in [2.24, 2.45) is 22.7 Å². The van der Waals surface area contributed by atoms with E-state index in [9.17, 15) is 9.90 Å². The van der Waals surface area contributed by atoms with Gasteiger partial charge in [-0.05, 0) is 59.6 Å². The molecule has 29 heavy (non-hydrogen) atoms. The highest BCUT2D eigenvalue weighted by atomic mass is 16.5. The first-order valence-corrected chi connectivity index (χ1v) is 10.6. The maximum Gasteiger partial charge on any atom is 0.222 e. The summed E-state index contributed by atoms with van der Waals surface area (Å²) in [5.74, 6) is 1.56. The van der Waals surface area contributed by atoms with Crippen LogP contribution in [0.5, 0.6) is 11.5 Å². The Morgan fingerprint density at radius 2 is 2.14 bits per heavy atom. The third-order valence-corrected chi connectivity index (χ3v) is 7.87. The first-order valence-electron chi connectivity index (χ1n) is 10.6. The van der Waals surface area contributed by atoms with Gasteiger partial charge in [-0.2, -0.15) is 0 Å². The van der Waals surface area contributed by atoms with Gasteiger partial charge in [-0.25, -0.2) is 0 Å². The van der Waals surface area contributed by atoms with Crippen molar-refractivity contribution in [2.45, 2.75) is 51.7 Å². The number of carbonyl (C=O) groups is 1. The van der Waals surface area contributed by atoms with E-state index in [0.29, 0.717) is 37.2 Å². The Morgan fingerprint density at radius 3 is 2.83 bits per heavy atom. The van der Waals surface area contributed by atoms with E-state index in [2.05, 4.69) is 19.2 Å². The number of benzene rings is 1. The zero-order valence-electron chi connectivity index (χ0n) is 17.9. The van der Waals surface area contributed by atoms with Gasteiger partial charge < -0.3 is 24.6 Å². The maximum atomic E-state index is 12.6. The van der Waals surface area contributed by atoms with E-state index in [1.54, 1.807) is 26.4 Å². The Labute approximate surface area is 172 Å². The summed E-state index contributed by atoms with van der Waals surface area (Å²) in [4.78, 5) is 12.6. The van der Waals surface area contributed by atoms with E-state index in [1.807, 2.05) is 6.07 Å². The minimum absolute atomic E-state index is 0.0371. The van der Waals surface area contributed by atoms with E-state index >= 15 is 0 Å². The predicted octanol–water partition coefficient (Wildman–Crippen LogP) is 3.44. The molecule has 3 fully saturated rings. The van der Waals surface area contributed by atoms with Crippen LogP contribution >= 0.6 is 0 Å². The summed E-state index contributed by atoms with van der Waals surface area (Å²) in [6, 6.07) is 5.69. The topological polar surface area (TPSA) is 77.0 Å². The molecule has 1 aromatic carbocycles. The number of amides is 1. The number of carbonyl (C=O) groups excluding carboxylic acids is 1. The molecule has 1 unspecified atom stereocenters. The van der Waals surface area contributed by atoms with Crippen LogP contribution < -0.4 is 10.1 Å². The van der Waals surface area contributed by atoms with Crippen molar-refractivity contribution in [2.75, 3.05) is 27.4 Å². The molecule has 6 heteroatoms. The third-order valence-electron chi connectivity index (χ3n) is 7.87. The second-order valence-electron chi connectivity index (χ2n) is 9.51. The van der Waals surface area contributed by atoms with Crippen molar-refractivity contribution in [3.8, 4) is 11.5 Å². The van der Waals surface area contributed by atoms with Gasteiger partial charge in [-0.15, -0.1) is 0 Å². The number of rotatable bonds is 6. The number of ether oxygens (including phenoxy) is 3. The van der Waals surface area contributed by atoms with Crippen molar-refractivity contribution in [1.82, 2.24) is 5.32 Å². The summed E-state index contributed by atoms with van der Waals surface area (Å²) < 4.78 is 16.5. The standard InChI is InChI=1S/C23H33NO5/c1-22(2)15-12-16-20(14-5-6-18(28-4)17(25)11-14)29-10-8-23(16,13-15)21(22)24-19(26)7-9-27-3/h5-6,11,15-16,20-21,25H,7-10,12-13H2,1-4H3,(H,24,26)/t15-,16-,20-,21+,23?/m1/s1. The molecule has 0 aromatic heterocycles. The van der Waals surface area contributed by atoms with Crippen LogP contribution in [0, 0.1) is 22.7 Å². The summed E-state index contributed by atoms with van der Waals surface area (Å²) in [6.45, 7) is 5.71. The van der Waals surface area contributed by atoms with E-state index in [-0.39, 0.29) is 34.6 Å². The quantitative estimate of drug-likeness (QED) is 0.761. The lowest BCUT2D eigenvalue weighted by atomic mass is 9.59. The van der Waals surface area contributed by atoms with E-state index in [1.165, 1.54) is 0 Å². The van der Waals surface area contributed by atoms with Gasteiger partial charge in [0.25, 0.3) is 0 Å². The van der Waals surface area contributed by atoms with Crippen LogP contribution in [0.15, 0.2) is 18.2 Å². The van der Waals surface area contributed by atoms with Gasteiger partial charge in [0.1, 0.15) is 0 Å². The van der Waals surface area contributed by atoms with Gasteiger partial charge in [0, 0.05) is 26.2 Å². The third kappa shape index (κ3) is 3.21. The molecule has 1 spiro atoms. The minimum Gasteiger partial charge on any atom is -0.504 e. The highest BCUT2D eigenvalue weighted by molar-refractivity contribution is 5.76. The number of nitrogens with one attached hydrogen (secondary N) is 1. The van der Waals surface area contributed by atoms with Crippen LogP contribution in [0.3, 0.4) is 0 Å². The molecule has 5 atom stereocenters. The lowest BCUT2D eigenvalue weighted by Gasteiger charge is -2.53. The predicted molar refractivity (Wildman–Crippen MR) is 109 cm³/mol. The molecule has 2 aliphatic carbocycles. The molecule has 160 valence electrons. The van der Waals surface area contributed by atoms with Crippen LogP contribution in [0.4, 0.5) is 0 Å². The molecule has 0 radical (unpaired) electrons. The van der Waals surface area contributed by atoms with Crippen LogP contribution in [-0.4, -0.2) is 44.5 Å². The second-order valence-corrected chi connectivity index (χ2v) is 9.51. The Hall–Kier alpha value is -1.79. The summed E-state index contributed by atoms with van der Waals surface area (Å²) in [5, 5.41) is 13.7. The van der Waals surface area contributed by atoms with Crippen molar-refractivity contribution in [1.29, 1.82) is 0 Å². The number of phenolic OH excluding ortho intramolecular Hbond substituents is 1. The van der Waals surface area contributed by atoms with Crippen LogP contribution in [0.25, 0.3) is 0 Å². The van der Waals surface area contributed by atoms with Crippen molar-refractivity contribution in [3.63, 3.8) is 0 Å². The summed E-state index contributed by atoms with van der Waals surface area (Å²) in [5.41, 5.74) is 1.08. The Kier molecular flexibility index (Phi) is 5.28. The number of methoxy groups -OCH3 is 2. The highest BCUT2D eigenvalue weighted by Crippen LogP contribution is 2.70. The number of fused-ring (bicyclic) bond motifs is 1. The van der Waals surface area contributed by atoms with E-state index in [0.717, 1.165) is 24.8 Å². The Bertz CT molecular complexity index is 779. The van der Waals surface area contributed by atoms with Crippen LogP contribution in [0.1, 0.15) is 51.2 Å². The zero-order chi connectivity index (χ0) is 20.8. The summed E-state index contributed by atoms with van der Waals surface area (Å²) >= 11 is 0. The normalized spacial score (nSPS) is 34.6. The first-order chi connectivity index (χ1) is 13.8. The fourth-order valence-electron chi connectivity index (χ4n) is 6.43. The molecular weight excluding hydrogens is 370 g/mol. The second kappa shape index (κ2) is 7.47. The minimum atomic E-state index is -0.0694. The molecular formula is C23H33NO5. The van der Waals surface area contributed by atoms with Crippen LogP contribution in [-0.2, 0) is 14.3 Å². The van der Waals surface area contributed by atoms with Gasteiger partial charge in [0.2, 0.25) is 5.91 Å². The van der Waals surface area contributed by atoms with Gasteiger partial charge in [0.15, 0.2) is 11.5 Å². The average Bonchev–Trinajstić information content (AvgIpc) is 3.18. The maximum absolute atomic E-state index is 12.6. The van der Waals surface area contributed by atoms with E-state index in [4.69, 9.17) is 14.2 Å². The highest BCUT2D eigenvalue weighted by Gasteiger charge is 2.68.